The number of benzene rings is 3. The van der Waals surface area contributed by atoms with E-state index in [4.69, 9.17) is 0 Å². The summed E-state index contributed by atoms with van der Waals surface area (Å²) in [6.07, 6.45) is 2.95. The van der Waals surface area contributed by atoms with E-state index in [1.54, 1.807) is 5.56 Å². The maximum atomic E-state index is 10.4. The van der Waals surface area contributed by atoms with Crippen LogP contribution in [0, 0.1) is 11.3 Å². The number of hydrogen-bond donors (Lipinski definition) is 0. The number of rotatable bonds is 6. The predicted molar refractivity (Wildman–Crippen MR) is 129 cm³/mol. The van der Waals surface area contributed by atoms with Gasteiger partial charge in [-0.3, -0.25) is 4.90 Å². The van der Waals surface area contributed by atoms with Crippen molar-refractivity contribution >= 4 is 21.4 Å². The van der Waals surface area contributed by atoms with Crippen molar-refractivity contribution < 1.29 is 0 Å². The Kier molecular flexibility index (Phi) is 5.59. The molecule has 3 aromatic carbocycles. The molecule has 4 aromatic rings. The van der Waals surface area contributed by atoms with Crippen molar-refractivity contribution in [3.8, 4) is 6.07 Å². The first-order chi connectivity index (χ1) is 15.3. The van der Waals surface area contributed by atoms with E-state index in [-0.39, 0.29) is 0 Å². The van der Waals surface area contributed by atoms with Crippen molar-refractivity contribution in [1.82, 2.24) is 4.90 Å². The number of thiophene rings is 1. The minimum Gasteiger partial charge on any atom is -0.298 e. The number of fused-ring (bicyclic) bond motifs is 3. The second kappa shape index (κ2) is 8.67. The average molecular weight is 423 g/mol. The topological polar surface area (TPSA) is 27.0 Å². The molecule has 1 aliphatic heterocycles. The van der Waals surface area contributed by atoms with E-state index >= 15 is 0 Å². The number of nitriles is 1. The normalized spacial score (nSPS) is 14.3. The van der Waals surface area contributed by atoms with E-state index in [2.05, 4.69) is 59.5 Å². The summed E-state index contributed by atoms with van der Waals surface area (Å²) in [7, 11) is 0. The summed E-state index contributed by atoms with van der Waals surface area (Å²) in [5.74, 6) is 0. The van der Waals surface area contributed by atoms with Crippen LogP contribution in [-0.2, 0) is 18.4 Å². The van der Waals surface area contributed by atoms with E-state index in [9.17, 15) is 5.26 Å². The van der Waals surface area contributed by atoms with Crippen LogP contribution in [0.1, 0.15) is 34.4 Å². The van der Waals surface area contributed by atoms with Crippen LogP contribution in [0.15, 0.2) is 84.9 Å². The Labute approximate surface area is 188 Å². The summed E-state index contributed by atoms with van der Waals surface area (Å²) >= 11 is 1.95. The van der Waals surface area contributed by atoms with Crippen LogP contribution in [0.25, 0.3) is 10.1 Å². The molecule has 0 aliphatic carbocycles. The molecule has 0 radical (unpaired) electrons. The van der Waals surface area contributed by atoms with Gasteiger partial charge in [0.25, 0.3) is 0 Å². The van der Waals surface area contributed by atoms with Crippen LogP contribution in [0.3, 0.4) is 0 Å². The van der Waals surface area contributed by atoms with E-state index in [1.807, 2.05) is 47.7 Å². The molecule has 5 rings (SSSR count). The van der Waals surface area contributed by atoms with Crippen molar-refractivity contribution in [2.45, 2.75) is 31.2 Å². The molecular weight excluding hydrogens is 396 g/mol. The van der Waals surface area contributed by atoms with Gasteiger partial charge in [0, 0.05) is 22.7 Å². The highest BCUT2D eigenvalue weighted by molar-refractivity contribution is 7.19. The molecule has 0 bridgehead atoms. The number of nitrogens with zero attached hydrogens (tertiary/aromatic N) is 2. The third-order valence-corrected chi connectivity index (χ3v) is 7.78. The summed E-state index contributed by atoms with van der Waals surface area (Å²) in [5.41, 5.74) is 3.14. The molecular formula is C28H26N2S. The Hall–Kier alpha value is -2.93. The molecule has 0 unspecified atom stereocenters. The molecule has 2 nitrogen and oxygen atoms in total. The summed E-state index contributed by atoms with van der Waals surface area (Å²) in [4.78, 5) is 4.08. The molecule has 0 atom stereocenters. The first-order valence-electron chi connectivity index (χ1n) is 11.0. The van der Waals surface area contributed by atoms with Gasteiger partial charge in [-0.15, -0.1) is 11.3 Å². The second-order valence-corrected chi connectivity index (χ2v) is 9.52. The van der Waals surface area contributed by atoms with Gasteiger partial charge < -0.3 is 0 Å². The van der Waals surface area contributed by atoms with Crippen molar-refractivity contribution in [2.24, 2.45) is 0 Å². The van der Waals surface area contributed by atoms with E-state index in [0.717, 1.165) is 50.0 Å². The lowest BCUT2D eigenvalue weighted by Crippen LogP contribution is -2.32. The third-order valence-electron chi connectivity index (χ3n) is 6.58. The van der Waals surface area contributed by atoms with Gasteiger partial charge in [-0.25, -0.2) is 0 Å². The Morgan fingerprint density at radius 2 is 1.52 bits per heavy atom. The standard InChI is InChI=1S/C28H26N2S/c29-21-28(22-10-3-1-4-11-22,23-12-5-2-6-13-23)17-9-18-30-19-16-25-24-14-7-8-15-26(24)31-27(25)20-30/h1-8,10-15H,9,16-20H2. The molecule has 2 heterocycles. The van der Waals surface area contributed by atoms with Crippen LogP contribution < -0.4 is 0 Å². The van der Waals surface area contributed by atoms with E-state index in [0.29, 0.717) is 0 Å². The van der Waals surface area contributed by atoms with Crippen molar-refractivity contribution in [3.63, 3.8) is 0 Å². The van der Waals surface area contributed by atoms with Crippen LogP contribution in [0.4, 0.5) is 0 Å². The molecule has 1 aromatic heterocycles. The molecule has 0 saturated carbocycles. The highest BCUT2D eigenvalue weighted by atomic mass is 32.1. The van der Waals surface area contributed by atoms with Crippen molar-refractivity contribution in [3.05, 3.63) is 106 Å². The van der Waals surface area contributed by atoms with Crippen LogP contribution in [0.5, 0.6) is 0 Å². The fraction of sp³-hybridized carbons (Fsp3) is 0.250. The van der Waals surface area contributed by atoms with Gasteiger partial charge in [0.15, 0.2) is 0 Å². The fourth-order valence-electron chi connectivity index (χ4n) is 4.95. The predicted octanol–water partition coefficient (Wildman–Crippen LogP) is 6.55. The zero-order chi connectivity index (χ0) is 21.1. The minimum atomic E-state index is -0.596. The zero-order valence-corrected chi connectivity index (χ0v) is 18.4. The van der Waals surface area contributed by atoms with Gasteiger partial charge in [-0.05, 0) is 54.0 Å². The van der Waals surface area contributed by atoms with Gasteiger partial charge in [-0.1, -0.05) is 78.9 Å². The van der Waals surface area contributed by atoms with E-state index < -0.39 is 5.41 Å². The van der Waals surface area contributed by atoms with Crippen LogP contribution >= 0.6 is 11.3 Å². The summed E-state index contributed by atoms with van der Waals surface area (Å²) in [5, 5.41) is 11.8. The fourth-order valence-corrected chi connectivity index (χ4v) is 6.24. The molecule has 0 N–H and O–H groups in total. The highest BCUT2D eigenvalue weighted by Crippen LogP contribution is 2.38. The Bertz CT molecular complexity index is 1160. The average Bonchev–Trinajstić information content (AvgIpc) is 3.21. The first-order valence-corrected chi connectivity index (χ1v) is 11.9. The van der Waals surface area contributed by atoms with Gasteiger partial charge in [0.2, 0.25) is 0 Å². The Morgan fingerprint density at radius 1 is 0.871 bits per heavy atom. The molecule has 1 aliphatic rings. The zero-order valence-electron chi connectivity index (χ0n) is 17.6. The Morgan fingerprint density at radius 3 is 2.19 bits per heavy atom. The van der Waals surface area contributed by atoms with Gasteiger partial charge in [0.1, 0.15) is 5.41 Å². The largest absolute Gasteiger partial charge is 0.298 e. The maximum absolute atomic E-state index is 10.4. The first kappa shape index (κ1) is 20.0. The molecule has 0 amide bonds. The summed E-state index contributed by atoms with van der Waals surface area (Å²) < 4.78 is 1.41. The van der Waals surface area contributed by atoms with Crippen LogP contribution in [0.2, 0.25) is 0 Å². The molecule has 31 heavy (non-hydrogen) atoms. The molecule has 0 saturated heterocycles. The smallest absolute Gasteiger partial charge is 0.107 e. The number of hydrogen-bond acceptors (Lipinski definition) is 3. The maximum Gasteiger partial charge on any atom is 0.107 e. The lowest BCUT2D eigenvalue weighted by molar-refractivity contribution is 0.248. The van der Waals surface area contributed by atoms with Crippen LogP contribution in [-0.4, -0.2) is 18.0 Å². The molecule has 3 heteroatoms. The third kappa shape index (κ3) is 3.78. The van der Waals surface area contributed by atoms with Gasteiger partial charge in [0.05, 0.1) is 6.07 Å². The lowest BCUT2D eigenvalue weighted by Gasteiger charge is -2.31. The highest BCUT2D eigenvalue weighted by Gasteiger charge is 2.34. The van der Waals surface area contributed by atoms with Crippen molar-refractivity contribution in [1.29, 1.82) is 5.26 Å². The van der Waals surface area contributed by atoms with Crippen molar-refractivity contribution in [2.75, 3.05) is 13.1 Å². The molecule has 0 fully saturated rings. The molecule has 0 spiro atoms. The lowest BCUT2D eigenvalue weighted by atomic mass is 9.72. The minimum absolute atomic E-state index is 0.596. The summed E-state index contributed by atoms with van der Waals surface area (Å²) in [6.45, 7) is 3.16. The quantitative estimate of drug-likeness (QED) is 0.352. The summed E-state index contributed by atoms with van der Waals surface area (Å²) in [6, 6.07) is 32.1. The SMILES string of the molecule is N#CC(CCCN1CCc2c(sc3ccccc23)C1)(c1ccccc1)c1ccccc1. The van der Waals surface area contributed by atoms with E-state index in [1.165, 1.54) is 15.0 Å². The monoisotopic (exact) mass is 422 g/mol. The second-order valence-electron chi connectivity index (χ2n) is 8.38. The Balaban J connectivity index is 1.33. The van der Waals surface area contributed by atoms with Gasteiger partial charge in [-0.2, -0.15) is 5.26 Å². The molecule has 154 valence electrons. The van der Waals surface area contributed by atoms with Gasteiger partial charge >= 0.3 is 0 Å².